The fourth-order valence-corrected chi connectivity index (χ4v) is 4.63. The summed E-state index contributed by atoms with van der Waals surface area (Å²) in [6.07, 6.45) is 11.0. The lowest BCUT2D eigenvalue weighted by atomic mass is 9.82. The molecule has 32 heavy (non-hydrogen) atoms. The first kappa shape index (κ1) is 24.6. The van der Waals surface area contributed by atoms with Gasteiger partial charge in [-0.3, -0.25) is 4.99 Å². The Hall–Kier alpha value is -2.09. The molecule has 0 aromatic heterocycles. The molecule has 0 aliphatic heterocycles. The van der Waals surface area contributed by atoms with Crippen molar-refractivity contribution in [3.8, 4) is 5.75 Å². The van der Waals surface area contributed by atoms with Gasteiger partial charge in [-0.05, 0) is 72.8 Å². The normalized spacial score (nSPS) is 21.2. The number of hydrogen-bond donors (Lipinski definition) is 0. The number of aliphatic imine (C=N–C) groups is 1. The summed E-state index contributed by atoms with van der Waals surface area (Å²) in [5.74, 6) is 2.51. The number of hydrogen-bond acceptors (Lipinski definition) is 2. The fraction of sp³-hybridized carbons (Fsp3) is 0.567. The molecule has 0 radical (unpaired) electrons. The largest absolute Gasteiger partial charge is 0.490 e. The van der Waals surface area contributed by atoms with Gasteiger partial charge in [0.05, 0.1) is 11.8 Å². The van der Waals surface area contributed by atoms with Crippen LogP contribution in [-0.4, -0.2) is 12.3 Å². The lowest BCUT2D eigenvalue weighted by Crippen LogP contribution is -2.15. The Morgan fingerprint density at radius 1 is 1.00 bits per heavy atom. The van der Waals surface area contributed by atoms with Gasteiger partial charge in [0.25, 0.3) is 0 Å². The van der Waals surface area contributed by atoms with E-state index >= 15 is 0 Å². The van der Waals surface area contributed by atoms with Crippen LogP contribution in [0, 0.1) is 5.92 Å². The second kappa shape index (κ2) is 11.2. The van der Waals surface area contributed by atoms with Crippen molar-refractivity contribution in [2.45, 2.75) is 104 Å². The Bertz CT molecular complexity index is 865. The summed E-state index contributed by atoms with van der Waals surface area (Å²) < 4.78 is 6.53. The van der Waals surface area contributed by atoms with Crippen molar-refractivity contribution in [2.75, 3.05) is 0 Å². The Kier molecular flexibility index (Phi) is 8.57. The smallest absolute Gasteiger partial charge is 0.131 e. The Morgan fingerprint density at radius 3 is 2.25 bits per heavy atom. The van der Waals surface area contributed by atoms with E-state index in [0.29, 0.717) is 5.92 Å². The number of benzene rings is 2. The van der Waals surface area contributed by atoms with E-state index in [0.717, 1.165) is 29.3 Å². The maximum Gasteiger partial charge on any atom is 0.131 e. The van der Waals surface area contributed by atoms with Crippen molar-refractivity contribution in [1.82, 2.24) is 0 Å². The van der Waals surface area contributed by atoms with Crippen LogP contribution in [0.4, 0.5) is 5.69 Å². The first-order valence-electron chi connectivity index (χ1n) is 12.7. The quantitative estimate of drug-likeness (QED) is 0.416. The summed E-state index contributed by atoms with van der Waals surface area (Å²) in [6.45, 7) is 13.5. The fourth-order valence-electron chi connectivity index (χ4n) is 4.63. The van der Waals surface area contributed by atoms with Gasteiger partial charge in [0.15, 0.2) is 0 Å². The molecule has 0 spiro atoms. The van der Waals surface area contributed by atoms with Crippen LogP contribution in [0.15, 0.2) is 47.5 Å². The van der Waals surface area contributed by atoms with Crippen LogP contribution in [0.2, 0.25) is 0 Å². The van der Waals surface area contributed by atoms with Gasteiger partial charge in [-0.25, -0.2) is 0 Å². The zero-order valence-electron chi connectivity index (χ0n) is 21.2. The zero-order valence-corrected chi connectivity index (χ0v) is 21.2. The molecule has 2 heteroatoms. The van der Waals surface area contributed by atoms with E-state index in [1.807, 2.05) is 6.21 Å². The topological polar surface area (TPSA) is 21.6 Å². The van der Waals surface area contributed by atoms with Crippen LogP contribution in [0.25, 0.3) is 0 Å². The molecular weight excluding hydrogens is 390 g/mol. The molecule has 0 saturated heterocycles. The molecule has 2 aromatic carbocycles. The van der Waals surface area contributed by atoms with Gasteiger partial charge in [-0.15, -0.1) is 0 Å². The summed E-state index contributed by atoms with van der Waals surface area (Å²) >= 11 is 0. The first-order chi connectivity index (χ1) is 15.3. The van der Waals surface area contributed by atoms with Crippen molar-refractivity contribution in [3.05, 3.63) is 59.2 Å². The molecule has 1 fully saturated rings. The highest BCUT2D eigenvalue weighted by Gasteiger charge is 2.22. The molecule has 1 atom stereocenters. The van der Waals surface area contributed by atoms with Gasteiger partial charge in [0, 0.05) is 11.8 Å². The second-order valence-electron chi connectivity index (χ2n) is 10.8. The average molecular weight is 434 g/mol. The molecule has 3 rings (SSSR count). The summed E-state index contributed by atoms with van der Waals surface area (Å²) in [4.78, 5) is 4.82. The standard InChI is InChI=1S/C30H43NO/c1-7-23(3)32-29-25(21-31-27-19-17-26(18-20-27)30(4,5)6)15-10-16-28(29)24-13-8-11-22(2)12-9-14-24/h10,15-24H,7-9,11-14H2,1-6H3/b31-21+. The Morgan fingerprint density at radius 2 is 1.66 bits per heavy atom. The van der Waals surface area contributed by atoms with Gasteiger partial charge < -0.3 is 4.74 Å². The molecular formula is C30H43NO. The summed E-state index contributed by atoms with van der Waals surface area (Å²) in [5, 5.41) is 0. The Balaban J connectivity index is 1.89. The molecule has 0 amide bonds. The van der Waals surface area contributed by atoms with Crippen LogP contribution >= 0.6 is 0 Å². The molecule has 174 valence electrons. The molecule has 0 bridgehead atoms. The van der Waals surface area contributed by atoms with Crippen LogP contribution in [0.3, 0.4) is 0 Å². The number of para-hydroxylation sites is 1. The predicted molar refractivity (Wildman–Crippen MR) is 139 cm³/mol. The maximum absolute atomic E-state index is 6.53. The van der Waals surface area contributed by atoms with Gasteiger partial charge in [-0.2, -0.15) is 0 Å². The van der Waals surface area contributed by atoms with E-state index in [1.165, 1.54) is 49.7 Å². The highest BCUT2D eigenvalue weighted by atomic mass is 16.5. The minimum absolute atomic E-state index is 0.156. The van der Waals surface area contributed by atoms with Crippen molar-refractivity contribution < 1.29 is 4.74 Å². The number of nitrogens with zero attached hydrogens (tertiary/aromatic N) is 1. The number of rotatable bonds is 6. The third-order valence-corrected chi connectivity index (χ3v) is 6.99. The van der Waals surface area contributed by atoms with E-state index < -0.39 is 0 Å². The predicted octanol–water partition coefficient (Wildman–Crippen LogP) is 8.99. The molecule has 1 saturated carbocycles. The van der Waals surface area contributed by atoms with Crippen LogP contribution in [0.1, 0.15) is 109 Å². The van der Waals surface area contributed by atoms with Crippen LogP contribution < -0.4 is 4.74 Å². The highest BCUT2D eigenvalue weighted by Crippen LogP contribution is 2.39. The average Bonchev–Trinajstić information content (AvgIpc) is 2.75. The van der Waals surface area contributed by atoms with Crippen molar-refractivity contribution in [3.63, 3.8) is 0 Å². The molecule has 1 aliphatic rings. The highest BCUT2D eigenvalue weighted by molar-refractivity contribution is 5.86. The molecule has 0 heterocycles. The minimum Gasteiger partial charge on any atom is -0.490 e. The lowest BCUT2D eigenvalue weighted by molar-refractivity contribution is 0.212. The van der Waals surface area contributed by atoms with E-state index in [1.54, 1.807) is 0 Å². The first-order valence-corrected chi connectivity index (χ1v) is 12.7. The van der Waals surface area contributed by atoms with E-state index in [4.69, 9.17) is 9.73 Å². The Labute approximate surface area is 196 Å². The third-order valence-electron chi connectivity index (χ3n) is 6.99. The monoisotopic (exact) mass is 433 g/mol. The molecule has 0 N–H and O–H groups in total. The zero-order chi connectivity index (χ0) is 23.1. The van der Waals surface area contributed by atoms with Gasteiger partial charge in [0.2, 0.25) is 0 Å². The summed E-state index contributed by atoms with van der Waals surface area (Å²) in [6, 6.07) is 15.2. The van der Waals surface area contributed by atoms with E-state index in [-0.39, 0.29) is 11.5 Å². The molecule has 2 nitrogen and oxygen atoms in total. The number of ether oxygens (including phenoxy) is 1. The van der Waals surface area contributed by atoms with E-state index in [2.05, 4.69) is 84.0 Å². The summed E-state index contributed by atoms with van der Waals surface area (Å²) in [5.41, 5.74) is 4.95. The maximum atomic E-state index is 6.53. The van der Waals surface area contributed by atoms with Crippen molar-refractivity contribution in [2.24, 2.45) is 10.9 Å². The van der Waals surface area contributed by atoms with Crippen LogP contribution in [0.5, 0.6) is 5.75 Å². The minimum atomic E-state index is 0.156. The third kappa shape index (κ3) is 6.70. The van der Waals surface area contributed by atoms with E-state index in [9.17, 15) is 0 Å². The van der Waals surface area contributed by atoms with Gasteiger partial charge in [-0.1, -0.05) is 84.6 Å². The van der Waals surface area contributed by atoms with Gasteiger partial charge >= 0.3 is 0 Å². The van der Waals surface area contributed by atoms with Crippen molar-refractivity contribution in [1.29, 1.82) is 0 Å². The summed E-state index contributed by atoms with van der Waals surface area (Å²) in [7, 11) is 0. The second-order valence-corrected chi connectivity index (χ2v) is 10.8. The van der Waals surface area contributed by atoms with Gasteiger partial charge in [0.1, 0.15) is 5.75 Å². The van der Waals surface area contributed by atoms with Crippen molar-refractivity contribution >= 4 is 11.9 Å². The van der Waals surface area contributed by atoms with Crippen LogP contribution in [-0.2, 0) is 5.41 Å². The molecule has 1 unspecified atom stereocenters. The molecule has 1 aliphatic carbocycles. The SMILES string of the molecule is CCC(C)Oc1c(/C=N/c2ccc(C(C)(C)C)cc2)cccc1C1CCCC(C)CCC1. The molecule has 2 aromatic rings. The lowest BCUT2D eigenvalue weighted by Gasteiger charge is -2.26.